The summed E-state index contributed by atoms with van der Waals surface area (Å²) in [7, 11) is 0. The number of ether oxygens (including phenoxy) is 1. The Hall–Kier alpha value is -1.70. The Balaban J connectivity index is 1.90. The minimum Gasteiger partial charge on any atom is -0.444 e. The largest absolute Gasteiger partial charge is 0.444 e. The van der Waals surface area contributed by atoms with Crippen LogP contribution in [0.5, 0.6) is 0 Å². The van der Waals surface area contributed by atoms with Gasteiger partial charge in [0.25, 0.3) is 0 Å². The standard InChI is InChI=1S/C17H26N2O3/c1-5-8-18-15(20)11-12-9-13-6-7-14(10-12)19(13)16(21)22-17(2,3)4/h1,12-14H,6-11H2,2-4H3,(H,18,20)/t12?,13-,14+. The van der Waals surface area contributed by atoms with Crippen molar-refractivity contribution in [2.45, 2.75) is 70.6 Å². The molecule has 2 aliphatic rings. The first-order valence-corrected chi connectivity index (χ1v) is 8.01. The van der Waals surface area contributed by atoms with E-state index in [1.165, 1.54) is 0 Å². The first-order chi connectivity index (χ1) is 10.3. The van der Waals surface area contributed by atoms with Crippen molar-refractivity contribution in [2.24, 2.45) is 5.92 Å². The molecule has 2 amide bonds. The Bertz CT molecular complexity index is 461. The monoisotopic (exact) mass is 306 g/mol. The first-order valence-electron chi connectivity index (χ1n) is 8.01. The second kappa shape index (κ2) is 6.60. The Morgan fingerprint density at radius 2 is 1.86 bits per heavy atom. The molecule has 122 valence electrons. The molecule has 5 heteroatoms. The molecule has 2 saturated heterocycles. The van der Waals surface area contributed by atoms with E-state index < -0.39 is 5.60 Å². The van der Waals surface area contributed by atoms with E-state index in [-0.39, 0.29) is 30.6 Å². The molecule has 22 heavy (non-hydrogen) atoms. The van der Waals surface area contributed by atoms with Crippen LogP contribution in [0.1, 0.15) is 52.9 Å². The van der Waals surface area contributed by atoms with Crippen molar-refractivity contribution in [3.63, 3.8) is 0 Å². The average molecular weight is 306 g/mol. The van der Waals surface area contributed by atoms with E-state index in [0.29, 0.717) is 12.3 Å². The van der Waals surface area contributed by atoms with E-state index in [1.807, 2.05) is 25.7 Å². The molecular weight excluding hydrogens is 280 g/mol. The second-order valence-corrected chi connectivity index (χ2v) is 7.30. The topological polar surface area (TPSA) is 58.6 Å². The number of carbonyl (C=O) groups excluding carboxylic acids is 2. The number of piperidine rings is 1. The highest BCUT2D eigenvalue weighted by Crippen LogP contribution is 2.40. The number of terminal acetylenes is 1. The summed E-state index contributed by atoms with van der Waals surface area (Å²) in [5.74, 6) is 2.74. The maximum absolute atomic E-state index is 12.3. The lowest BCUT2D eigenvalue weighted by molar-refractivity contribution is -0.122. The van der Waals surface area contributed by atoms with Crippen molar-refractivity contribution in [3.8, 4) is 12.3 Å². The maximum Gasteiger partial charge on any atom is 0.410 e. The highest BCUT2D eigenvalue weighted by atomic mass is 16.6. The van der Waals surface area contributed by atoms with E-state index in [2.05, 4.69) is 11.2 Å². The second-order valence-electron chi connectivity index (χ2n) is 7.30. The van der Waals surface area contributed by atoms with Crippen molar-refractivity contribution in [3.05, 3.63) is 0 Å². The lowest BCUT2D eigenvalue weighted by atomic mass is 9.88. The van der Waals surface area contributed by atoms with Crippen molar-refractivity contribution in [1.82, 2.24) is 10.2 Å². The molecule has 2 heterocycles. The highest BCUT2D eigenvalue weighted by Gasteiger charge is 2.44. The molecule has 0 aromatic carbocycles. The third kappa shape index (κ3) is 4.16. The zero-order valence-electron chi connectivity index (χ0n) is 13.7. The van der Waals surface area contributed by atoms with E-state index in [0.717, 1.165) is 25.7 Å². The zero-order chi connectivity index (χ0) is 16.3. The third-order valence-corrected chi connectivity index (χ3v) is 4.30. The van der Waals surface area contributed by atoms with Gasteiger partial charge in [0.15, 0.2) is 0 Å². The Labute approximate surface area is 132 Å². The van der Waals surface area contributed by atoms with Crippen LogP contribution in [-0.4, -0.2) is 41.1 Å². The van der Waals surface area contributed by atoms with Gasteiger partial charge in [-0.3, -0.25) is 4.79 Å². The Morgan fingerprint density at radius 1 is 1.27 bits per heavy atom. The summed E-state index contributed by atoms with van der Waals surface area (Å²) in [4.78, 5) is 26.0. The summed E-state index contributed by atoms with van der Waals surface area (Å²) >= 11 is 0. The van der Waals surface area contributed by atoms with Gasteiger partial charge in [-0.25, -0.2) is 4.79 Å². The SMILES string of the molecule is C#CCNC(=O)CC1C[C@H]2CC[C@@H](C1)N2C(=O)OC(C)(C)C. The number of carbonyl (C=O) groups is 2. The highest BCUT2D eigenvalue weighted by molar-refractivity contribution is 5.76. The quantitative estimate of drug-likeness (QED) is 0.814. The van der Waals surface area contributed by atoms with E-state index >= 15 is 0 Å². The van der Waals surface area contributed by atoms with Crippen molar-refractivity contribution in [1.29, 1.82) is 0 Å². The molecule has 2 bridgehead atoms. The predicted molar refractivity (Wildman–Crippen MR) is 84.1 cm³/mol. The molecule has 2 fully saturated rings. The molecule has 1 unspecified atom stereocenters. The number of hydrogen-bond acceptors (Lipinski definition) is 3. The van der Waals surface area contributed by atoms with E-state index in [1.54, 1.807) is 0 Å². The zero-order valence-corrected chi connectivity index (χ0v) is 13.7. The molecule has 0 radical (unpaired) electrons. The summed E-state index contributed by atoms with van der Waals surface area (Å²) < 4.78 is 5.51. The number of amides is 2. The van der Waals surface area contributed by atoms with Gasteiger partial charge in [0, 0.05) is 18.5 Å². The minimum atomic E-state index is -0.470. The number of nitrogens with zero attached hydrogens (tertiary/aromatic N) is 1. The van der Waals surface area contributed by atoms with Crippen LogP contribution in [0.25, 0.3) is 0 Å². The maximum atomic E-state index is 12.3. The van der Waals surface area contributed by atoms with Crippen molar-refractivity contribution < 1.29 is 14.3 Å². The molecule has 2 aliphatic heterocycles. The molecule has 0 aromatic rings. The summed E-state index contributed by atoms with van der Waals surface area (Å²) in [6.45, 7) is 5.93. The fraction of sp³-hybridized carbons (Fsp3) is 0.765. The van der Waals surface area contributed by atoms with Crippen LogP contribution >= 0.6 is 0 Å². The van der Waals surface area contributed by atoms with Crippen LogP contribution in [0, 0.1) is 18.3 Å². The van der Waals surface area contributed by atoms with Crippen LogP contribution in [0.15, 0.2) is 0 Å². The molecule has 0 spiro atoms. The summed E-state index contributed by atoms with van der Waals surface area (Å²) in [5, 5.41) is 2.71. The lowest BCUT2D eigenvalue weighted by Crippen LogP contribution is -2.49. The molecule has 3 atom stereocenters. The lowest BCUT2D eigenvalue weighted by Gasteiger charge is -2.39. The van der Waals surface area contributed by atoms with Gasteiger partial charge >= 0.3 is 6.09 Å². The molecule has 0 aromatic heterocycles. The number of rotatable bonds is 3. The normalized spacial score (nSPS) is 27.2. The smallest absolute Gasteiger partial charge is 0.410 e. The molecule has 5 nitrogen and oxygen atoms in total. The number of hydrogen-bond donors (Lipinski definition) is 1. The Kier molecular flexibility index (Phi) is 5.00. The predicted octanol–water partition coefficient (Wildman–Crippen LogP) is 2.30. The minimum absolute atomic E-state index is 0.00747. The van der Waals surface area contributed by atoms with Gasteiger partial charge in [-0.2, -0.15) is 0 Å². The van der Waals surface area contributed by atoms with Crippen LogP contribution < -0.4 is 5.32 Å². The van der Waals surface area contributed by atoms with E-state index in [4.69, 9.17) is 11.2 Å². The van der Waals surface area contributed by atoms with Gasteiger partial charge in [-0.05, 0) is 52.4 Å². The molecule has 1 N–H and O–H groups in total. The van der Waals surface area contributed by atoms with Gasteiger partial charge in [0.1, 0.15) is 5.60 Å². The fourth-order valence-corrected chi connectivity index (χ4v) is 3.55. The summed E-state index contributed by atoms with van der Waals surface area (Å²) in [6, 6.07) is 0.415. The molecule has 0 aliphatic carbocycles. The van der Waals surface area contributed by atoms with Crippen LogP contribution in [0.3, 0.4) is 0 Å². The van der Waals surface area contributed by atoms with Gasteiger partial charge in [-0.1, -0.05) is 5.92 Å². The number of nitrogens with one attached hydrogen (secondary N) is 1. The third-order valence-electron chi connectivity index (χ3n) is 4.30. The molecule has 0 saturated carbocycles. The fourth-order valence-electron chi connectivity index (χ4n) is 3.55. The molecular formula is C17H26N2O3. The van der Waals surface area contributed by atoms with Crippen molar-refractivity contribution in [2.75, 3.05) is 6.54 Å². The van der Waals surface area contributed by atoms with Crippen LogP contribution in [0.4, 0.5) is 4.79 Å². The van der Waals surface area contributed by atoms with Gasteiger partial charge < -0.3 is 15.0 Å². The van der Waals surface area contributed by atoms with Gasteiger partial charge in [-0.15, -0.1) is 6.42 Å². The van der Waals surface area contributed by atoms with Gasteiger partial charge in [0.05, 0.1) is 6.54 Å². The van der Waals surface area contributed by atoms with Crippen molar-refractivity contribution >= 4 is 12.0 Å². The van der Waals surface area contributed by atoms with Crippen LogP contribution in [-0.2, 0) is 9.53 Å². The first kappa shape index (κ1) is 16.7. The van der Waals surface area contributed by atoms with Gasteiger partial charge in [0.2, 0.25) is 5.91 Å². The van der Waals surface area contributed by atoms with E-state index in [9.17, 15) is 9.59 Å². The summed E-state index contributed by atoms with van der Waals surface area (Å²) in [6.07, 6.45) is 9.19. The molecule has 2 rings (SSSR count). The van der Waals surface area contributed by atoms with Crippen LogP contribution in [0.2, 0.25) is 0 Å². The number of fused-ring (bicyclic) bond motifs is 2. The summed E-state index contributed by atoms with van der Waals surface area (Å²) in [5.41, 5.74) is -0.470. The average Bonchev–Trinajstić information content (AvgIpc) is 2.66. The Morgan fingerprint density at radius 3 is 2.36 bits per heavy atom.